The second kappa shape index (κ2) is 9.65. The Labute approximate surface area is 229 Å². The molecule has 13 heteroatoms. The molecule has 0 saturated carbocycles. The molecule has 1 N–H and O–H groups in total. The molecule has 3 aliphatic heterocycles. The number of amidine groups is 1. The average Bonchev–Trinajstić information content (AvgIpc) is 3.55. The van der Waals surface area contributed by atoms with Gasteiger partial charge < -0.3 is 4.90 Å². The molecular weight excluding hydrogens is 556 g/mol. The summed E-state index contributed by atoms with van der Waals surface area (Å²) in [7, 11) is 2.08. The van der Waals surface area contributed by atoms with Crippen LogP contribution in [-0.4, -0.2) is 63.3 Å². The smallest absolute Gasteiger partial charge is 0.348 e. The van der Waals surface area contributed by atoms with Crippen LogP contribution in [0.5, 0.6) is 0 Å². The second-order valence-electron chi connectivity index (χ2n) is 10.3. The summed E-state index contributed by atoms with van der Waals surface area (Å²) in [6.45, 7) is 1.37. The molecule has 2 saturated heterocycles. The van der Waals surface area contributed by atoms with E-state index in [1.807, 2.05) is 4.90 Å². The van der Waals surface area contributed by atoms with Crippen molar-refractivity contribution in [1.82, 2.24) is 20.0 Å². The van der Waals surface area contributed by atoms with Gasteiger partial charge >= 0.3 is 12.4 Å². The number of rotatable bonds is 3. The predicted octanol–water partition coefficient (Wildman–Crippen LogP) is 5.96. The number of thioether (sulfide) groups is 1. The molecule has 6 rings (SSSR count). The molecular formula is C27H23F6N5OS. The lowest BCUT2D eigenvalue weighted by Gasteiger charge is -2.39. The highest BCUT2D eigenvalue weighted by atomic mass is 32.2. The van der Waals surface area contributed by atoms with E-state index in [0.717, 1.165) is 30.7 Å². The molecule has 1 amide bonds. The number of hydrogen-bond donors (Lipinski definition) is 1. The fourth-order valence-electron chi connectivity index (χ4n) is 5.70. The maximum atomic E-state index is 14.0. The van der Waals surface area contributed by atoms with Crippen LogP contribution in [0.1, 0.15) is 35.1 Å². The van der Waals surface area contributed by atoms with Gasteiger partial charge in [0.25, 0.3) is 5.91 Å². The minimum atomic E-state index is -5.03. The number of nitrogens with zero attached hydrogens (tertiary/aromatic N) is 4. The van der Waals surface area contributed by atoms with Crippen molar-refractivity contribution in [2.75, 3.05) is 20.1 Å². The zero-order valence-corrected chi connectivity index (χ0v) is 21.9. The fraction of sp³-hybridized carbons (Fsp3) is 0.370. The second-order valence-corrected chi connectivity index (χ2v) is 11.3. The van der Waals surface area contributed by atoms with Crippen molar-refractivity contribution in [2.45, 2.75) is 43.7 Å². The molecule has 40 heavy (non-hydrogen) atoms. The van der Waals surface area contributed by atoms with Gasteiger partial charge in [-0.2, -0.15) is 36.4 Å². The van der Waals surface area contributed by atoms with Gasteiger partial charge in [-0.1, -0.05) is 12.1 Å². The molecule has 0 spiro atoms. The zero-order valence-electron chi connectivity index (χ0n) is 21.1. The van der Waals surface area contributed by atoms with Crippen molar-refractivity contribution in [3.05, 3.63) is 69.8 Å². The number of likely N-dealkylation sites (N-methyl/N-ethyl adjacent to an activating group) is 1. The Hall–Kier alpha value is -3.32. The van der Waals surface area contributed by atoms with E-state index in [4.69, 9.17) is 0 Å². The highest BCUT2D eigenvalue weighted by Gasteiger charge is 2.42. The van der Waals surface area contributed by atoms with Gasteiger partial charge in [0.15, 0.2) is 5.17 Å². The summed E-state index contributed by atoms with van der Waals surface area (Å²) in [4.78, 5) is 22.1. The minimum absolute atomic E-state index is 0.127. The third kappa shape index (κ3) is 4.89. The number of allylic oxidation sites excluding steroid dienone is 1. The molecule has 3 aromatic rings. The number of aromatic nitrogens is 2. The maximum absolute atomic E-state index is 14.0. The third-order valence-corrected chi connectivity index (χ3v) is 9.03. The van der Waals surface area contributed by atoms with E-state index in [9.17, 15) is 31.1 Å². The number of carbonyl (C=O) groups is 1. The first-order valence-corrected chi connectivity index (χ1v) is 13.4. The molecule has 0 radical (unpaired) electrons. The van der Waals surface area contributed by atoms with Crippen LogP contribution < -0.4 is 0 Å². The van der Waals surface area contributed by atoms with Crippen LogP contribution >= 0.6 is 11.8 Å². The number of aromatic amines is 1. The van der Waals surface area contributed by atoms with Crippen molar-refractivity contribution in [2.24, 2.45) is 4.99 Å². The first-order chi connectivity index (χ1) is 18.9. The molecule has 0 aliphatic carbocycles. The largest absolute Gasteiger partial charge is 0.416 e. The Morgan fingerprint density at radius 1 is 1.02 bits per heavy atom. The van der Waals surface area contributed by atoms with E-state index < -0.39 is 35.8 Å². The van der Waals surface area contributed by atoms with Crippen LogP contribution in [0.15, 0.2) is 52.5 Å². The number of H-pyrrole nitrogens is 1. The highest BCUT2D eigenvalue weighted by Crippen LogP contribution is 2.42. The van der Waals surface area contributed by atoms with E-state index in [1.165, 1.54) is 0 Å². The summed E-state index contributed by atoms with van der Waals surface area (Å²) < 4.78 is 81.8. The number of piperazine rings is 1. The van der Waals surface area contributed by atoms with Gasteiger partial charge in [-0.3, -0.25) is 14.8 Å². The lowest BCUT2D eigenvalue weighted by molar-refractivity contribution is -0.143. The lowest BCUT2D eigenvalue weighted by Crippen LogP contribution is -2.52. The topological polar surface area (TPSA) is 64.6 Å². The first kappa shape index (κ1) is 26.9. The normalized spacial score (nSPS) is 23.3. The molecule has 210 valence electrons. The number of halogens is 6. The van der Waals surface area contributed by atoms with Crippen LogP contribution in [0.2, 0.25) is 0 Å². The van der Waals surface area contributed by atoms with Crippen molar-refractivity contribution >= 4 is 39.3 Å². The summed E-state index contributed by atoms with van der Waals surface area (Å²) in [6.07, 6.45) is -6.76. The molecule has 1 aromatic heterocycles. The van der Waals surface area contributed by atoms with Gasteiger partial charge in [-0.25, -0.2) is 0 Å². The number of alkyl halides is 6. The number of fused-ring (bicyclic) bond motifs is 3. The van der Waals surface area contributed by atoms with Crippen LogP contribution in [-0.2, 0) is 23.6 Å². The Morgan fingerprint density at radius 3 is 2.42 bits per heavy atom. The van der Waals surface area contributed by atoms with Crippen LogP contribution in [0.4, 0.5) is 26.3 Å². The Kier molecular flexibility index (Phi) is 6.49. The lowest BCUT2D eigenvalue weighted by atomic mass is 9.92. The van der Waals surface area contributed by atoms with E-state index in [0.29, 0.717) is 52.9 Å². The Morgan fingerprint density at radius 2 is 1.75 bits per heavy atom. The minimum Gasteiger partial charge on any atom is -0.348 e. The SMILES string of the molecule is CN1C2CCC1CN(C1=NC(=O)C(=C(Cc3ccc(C(F)(F)F)cc3C(F)(F)F)c3ccc4[nH]ncc4c3)S1)C2. The molecule has 4 heterocycles. The average molecular weight is 580 g/mol. The quantitative estimate of drug-likeness (QED) is 0.307. The molecule has 3 aliphatic rings. The molecule has 2 aromatic carbocycles. The van der Waals surface area contributed by atoms with Gasteiger partial charge in [0.05, 0.1) is 27.7 Å². The molecule has 2 atom stereocenters. The van der Waals surface area contributed by atoms with Gasteiger partial charge in [0.1, 0.15) is 0 Å². The van der Waals surface area contributed by atoms with E-state index in [1.54, 1.807) is 24.4 Å². The fourth-order valence-corrected chi connectivity index (χ4v) is 6.73. The number of benzene rings is 2. The van der Waals surface area contributed by atoms with E-state index >= 15 is 0 Å². The summed E-state index contributed by atoms with van der Waals surface area (Å²) in [5.41, 5.74) is -1.73. The monoisotopic (exact) mass is 579 g/mol. The summed E-state index contributed by atoms with van der Waals surface area (Å²) in [5.74, 6) is -0.575. The van der Waals surface area contributed by atoms with Gasteiger partial charge in [0.2, 0.25) is 0 Å². The highest BCUT2D eigenvalue weighted by molar-refractivity contribution is 8.18. The zero-order chi connectivity index (χ0) is 28.4. The van der Waals surface area contributed by atoms with E-state index in [-0.39, 0.29) is 22.1 Å². The van der Waals surface area contributed by atoms with E-state index in [2.05, 4.69) is 27.1 Å². The van der Waals surface area contributed by atoms with Crippen molar-refractivity contribution < 1.29 is 31.1 Å². The van der Waals surface area contributed by atoms with Crippen LogP contribution in [0.3, 0.4) is 0 Å². The molecule has 2 bridgehead atoms. The number of likely N-dealkylation sites (tertiary alicyclic amines) is 1. The Bertz CT molecular complexity index is 1540. The number of nitrogens with one attached hydrogen (secondary N) is 1. The van der Waals surface area contributed by atoms with Crippen molar-refractivity contribution in [3.8, 4) is 0 Å². The third-order valence-electron chi connectivity index (χ3n) is 7.88. The molecule has 6 nitrogen and oxygen atoms in total. The number of amides is 1. The van der Waals surface area contributed by atoms with Crippen molar-refractivity contribution in [3.63, 3.8) is 0 Å². The first-order valence-electron chi connectivity index (χ1n) is 12.6. The van der Waals surface area contributed by atoms with Gasteiger partial charge in [-0.05, 0) is 79.0 Å². The van der Waals surface area contributed by atoms with Crippen LogP contribution in [0, 0.1) is 0 Å². The predicted molar refractivity (Wildman–Crippen MR) is 139 cm³/mol. The summed E-state index contributed by atoms with van der Waals surface area (Å²) in [5, 5.41) is 7.95. The maximum Gasteiger partial charge on any atom is 0.416 e. The summed E-state index contributed by atoms with van der Waals surface area (Å²) in [6, 6.07) is 7.30. The Balaban J connectivity index is 1.42. The molecule has 2 unspecified atom stereocenters. The van der Waals surface area contributed by atoms with Crippen molar-refractivity contribution in [1.29, 1.82) is 0 Å². The molecule has 2 fully saturated rings. The standard InChI is InChI=1S/C27H23F6N5OS/c1-37-18-5-6-19(37)13-38(12-18)25-35-24(39)23(40-25)20(14-3-7-22-16(8-14)11-34-36-22)9-15-2-4-17(26(28,29)30)10-21(15)27(31,32)33/h2-4,7-8,10-11,18-19H,5-6,9,12-13H2,1H3,(H,34,36). The number of carbonyl (C=O) groups excluding carboxylic acids is 1. The van der Waals surface area contributed by atoms with Crippen LogP contribution in [0.25, 0.3) is 16.5 Å². The number of aliphatic imine (C=N–C) groups is 1. The van der Waals surface area contributed by atoms with Gasteiger partial charge in [0, 0.05) is 30.6 Å². The summed E-state index contributed by atoms with van der Waals surface area (Å²) >= 11 is 1.11. The number of hydrogen-bond acceptors (Lipinski definition) is 5. The van der Waals surface area contributed by atoms with Gasteiger partial charge in [-0.15, -0.1) is 0 Å².